The molecule has 3 rings (SSSR count). The second-order valence-electron chi connectivity index (χ2n) is 4.96. The molecule has 0 saturated carbocycles. The van der Waals surface area contributed by atoms with Gasteiger partial charge in [-0.1, -0.05) is 28.1 Å². The van der Waals surface area contributed by atoms with Crippen LogP contribution in [0, 0.1) is 0 Å². The number of rotatable bonds is 4. The molecule has 116 valence electrons. The number of benzene rings is 2. The Bertz CT molecular complexity index is 931. The predicted octanol–water partition coefficient (Wildman–Crippen LogP) is 3.57. The molecule has 0 aliphatic rings. The summed E-state index contributed by atoms with van der Waals surface area (Å²) in [7, 11) is 0. The third-order valence-corrected chi connectivity index (χ3v) is 3.93. The Morgan fingerprint density at radius 3 is 2.61 bits per heavy atom. The first-order chi connectivity index (χ1) is 11.0. The Morgan fingerprint density at radius 2 is 1.91 bits per heavy atom. The van der Waals surface area contributed by atoms with Crippen LogP contribution in [0.5, 0.6) is 5.75 Å². The van der Waals surface area contributed by atoms with Gasteiger partial charge in [0.1, 0.15) is 17.9 Å². The fourth-order valence-corrected chi connectivity index (χ4v) is 2.46. The van der Waals surface area contributed by atoms with Crippen molar-refractivity contribution in [3.05, 3.63) is 74.5 Å². The number of pyridine rings is 1. The van der Waals surface area contributed by atoms with Crippen LogP contribution in [0.15, 0.2) is 57.9 Å². The van der Waals surface area contributed by atoms with E-state index in [1.54, 1.807) is 18.2 Å². The molecule has 1 heterocycles. The number of carboxylic acid groups (broad SMARTS) is 1. The number of aromatic carboxylic acids is 1. The van der Waals surface area contributed by atoms with Crippen LogP contribution >= 0.6 is 15.9 Å². The van der Waals surface area contributed by atoms with E-state index in [4.69, 9.17) is 9.84 Å². The third kappa shape index (κ3) is 3.27. The van der Waals surface area contributed by atoms with Gasteiger partial charge in [-0.15, -0.1) is 0 Å². The van der Waals surface area contributed by atoms with E-state index in [0.29, 0.717) is 23.3 Å². The summed E-state index contributed by atoms with van der Waals surface area (Å²) in [5.41, 5.74) is 0.736. The maximum absolute atomic E-state index is 12.2. The van der Waals surface area contributed by atoms with Crippen LogP contribution in [0.2, 0.25) is 0 Å². The van der Waals surface area contributed by atoms with Crippen molar-refractivity contribution in [3.63, 3.8) is 0 Å². The van der Waals surface area contributed by atoms with Crippen LogP contribution in [0.4, 0.5) is 0 Å². The molecule has 5 nitrogen and oxygen atoms in total. The molecule has 0 aliphatic heterocycles. The molecule has 0 aliphatic carbocycles. The van der Waals surface area contributed by atoms with E-state index in [1.807, 2.05) is 24.3 Å². The Morgan fingerprint density at radius 1 is 1.17 bits per heavy atom. The Balaban J connectivity index is 1.90. The number of carboxylic acids is 1. The lowest BCUT2D eigenvalue weighted by atomic mass is 10.1. The largest absolute Gasteiger partial charge is 0.489 e. The van der Waals surface area contributed by atoms with Gasteiger partial charge in [0.05, 0.1) is 5.39 Å². The second kappa shape index (κ2) is 6.26. The fraction of sp³-hybridized carbons (Fsp3) is 0.0588. The number of nitrogens with one attached hydrogen (secondary N) is 1. The third-order valence-electron chi connectivity index (χ3n) is 3.40. The lowest BCUT2D eigenvalue weighted by Gasteiger charge is -2.08. The predicted molar refractivity (Wildman–Crippen MR) is 90.0 cm³/mol. The number of aromatic nitrogens is 1. The van der Waals surface area contributed by atoms with Gasteiger partial charge in [-0.25, -0.2) is 4.79 Å². The van der Waals surface area contributed by atoms with Crippen LogP contribution in [0.25, 0.3) is 10.9 Å². The van der Waals surface area contributed by atoms with E-state index in [2.05, 4.69) is 20.9 Å². The molecule has 23 heavy (non-hydrogen) atoms. The van der Waals surface area contributed by atoms with Crippen LogP contribution in [-0.2, 0) is 6.61 Å². The maximum atomic E-state index is 12.2. The molecular formula is C17H12BrNO4. The van der Waals surface area contributed by atoms with Crippen molar-refractivity contribution in [1.29, 1.82) is 0 Å². The van der Waals surface area contributed by atoms with Gasteiger partial charge in [-0.05, 0) is 35.9 Å². The molecule has 0 bridgehead atoms. The highest BCUT2D eigenvalue weighted by molar-refractivity contribution is 9.10. The number of H-pyrrole nitrogens is 1. The summed E-state index contributed by atoms with van der Waals surface area (Å²) >= 11 is 3.37. The first kappa shape index (κ1) is 15.3. The molecule has 2 aromatic carbocycles. The highest BCUT2D eigenvalue weighted by atomic mass is 79.9. The molecule has 0 fully saturated rings. The normalized spacial score (nSPS) is 10.7. The Kier molecular flexibility index (Phi) is 4.16. The molecule has 6 heteroatoms. The molecule has 0 saturated heterocycles. The first-order valence-electron chi connectivity index (χ1n) is 6.80. The van der Waals surface area contributed by atoms with Crippen LogP contribution in [0.1, 0.15) is 15.9 Å². The van der Waals surface area contributed by atoms with Crippen LogP contribution in [0.3, 0.4) is 0 Å². The summed E-state index contributed by atoms with van der Waals surface area (Å²) in [5.74, 6) is -0.747. The van der Waals surface area contributed by atoms with Gasteiger partial charge in [-0.2, -0.15) is 0 Å². The first-order valence-corrected chi connectivity index (χ1v) is 7.60. The zero-order valence-corrected chi connectivity index (χ0v) is 13.5. The van der Waals surface area contributed by atoms with E-state index in [0.717, 1.165) is 10.0 Å². The smallest absolute Gasteiger partial charge is 0.341 e. The topological polar surface area (TPSA) is 79.4 Å². The second-order valence-corrected chi connectivity index (χ2v) is 5.87. The van der Waals surface area contributed by atoms with Gasteiger partial charge < -0.3 is 14.8 Å². The van der Waals surface area contributed by atoms with Crippen molar-refractivity contribution in [2.75, 3.05) is 0 Å². The summed E-state index contributed by atoms with van der Waals surface area (Å²) in [6.07, 6.45) is 1.20. The molecule has 0 spiro atoms. The van der Waals surface area contributed by atoms with Gasteiger partial charge in [0.15, 0.2) is 0 Å². The maximum Gasteiger partial charge on any atom is 0.341 e. The minimum absolute atomic E-state index is 0.289. The van der Waals surface area contributed by atoms with Crippen molar-refractivity contribution in [2.45, 2.75) is 6.61 Å². The molecule has 2 N–H and O–H groups in total. The lowest BCUT2D eigenvalue weighted by molar-refractivity contribution is 0.0695. The standard InChI is InChI=1S/C17H12BrNO4/c18-11-3-1-10(2-4-11)9-23-12-5-6-15-13(7-12)16(20)14(8-19-15)17(21)22/h1-8H,9H2,(H,19,20)(H,21,22). The number of aromatic amines is 1. The lowest BCUT2D eigenvalue weighted by Crippen LogP contribution is -2.15. The molecule has 1 aromatic heterocycles. The fourth-order valence-electron chi connectivity index (χ4n) is 2.19. The minimum Gasteiger partial charge on any atom is -0.489 e. The van der Waals surface area contributed by atoms with Crippen molar-refractivity contribution >= 4 is 32.8 Å². The van der Waals surface area contributed by atoms with Gasteiger partial charge >= 0.3 is 5.97 Å². The zero-order valence-electron chi connectivity index (χ0n) is 11.9. The summed E-state index contributed by atoms with van der Waals surface area (Å²) in [6.45, 7) is 0.356. The number of halogens is 1. The van der Waals surface area contributed by atoms with Crippen LogP contribution in [-0.4, -0.2) is 16.1 Å². The van der Waals surface area contributed by atoms with Crippen molar-refractivity contribution < 1.29 is 14.6 Å². The van der Waals surface area contributed by atoms with Crippen LogP contribution < -0.4 is 10.2 Å². The summed E-state index contributed by atoms with van der Waals surface area (Å²) in [5, 5.41) is 9.30. The monoisotopic (exact) mass is 373 g/mol. The number of hydrogen-bond donors (Lipinski definition) is 2. The molecular weight excluding hydrogens is 362 g/mol. The number of fused-ring (bicyclic) bond motifs is 1. The van der Waals surface area contributed by atoms with E-state index in [-0.39, 0.29) is 5.56 Å². The molecule has 3 aromatic rings. The minimum atomic E-state index is -1.26. The van der Waals surface area contributed by atoms with Gasteiger partial charge in [0.25, 0.3) is 0 Å². The van der Waals surface area contributed by atoms with Gasteiger partial charge in [0.2, 0.25) is 5.43 Å². The highest BCUT2D eigenvalue weighted by Crippen LogP contribution is 2.19. The molecule has 0 atom stereocenters. The van der Waals surface area contributed by atoms with E-state index >= 15 is 0 Å². The molecule has 0 radical (unpaired) electrons. The number of hydrogen-bond acceptors (Lipinski definition) is 3. The Hall–Kier alpha value is -2.60. The van der Waals surface area contributed by atoms with Gasteiger partial charge in [-0.3, -0.25) is 4.79 Å². The number of carbonyl (C=O) groups is 1. The quantitative estimate of drug-likeness (QED) is 0.732. The van der Waals surface area contributed by atoms with Crippen molar-refractivity contribution in [2.24, 2.45) is 0 Å². The number of ether oxygens (including phenoxy) is 1. The van der Waals surface area contributed by atoms with E-state index in [9.17, 15) is 9.59 Å². The zero-order chi connectivity index (χ0) is 16.4. The van der Waals surface area contributed by atoms with Crippen molar-refractivity contribution in [1.82, 2.24) is 4.98 Å². The highest BCUT2D eigenvalue weighted by Gasteiger charge is 2.12. The summed E-state index contributed by atoms with van der Waals surface area (Å²) < 4.78 is 6.67. The van der Waals surface area contributed by atoms with E-state index in [1.165, 1.54) is 6.20 Å². The molecule has 0 unspecified atom stereocenters. The average Bonchev–Trinajstić information content (AvgIpc) is 2.54. The molecule has 0 amide bonds. The summed E-state index contributed by atoms with van der Waals surface area (Å²) in [6, 6.07) is 12.7. The Labute approximate surface area is 139 Å². The van der Waals surface area contributed by atoms with Crippen molar-refractivity contribution in [3.8, 4) is 5.75 Å². The SMILES string of the molecule is O=C(O)c1c[nH]c2ccc(OCc3ccc(Br)cc3)cc2c1=O. The summed E-state index contributed by atoms with van der Waals surface area (Å²) in [4.78, 5) is 26.0. The average molecular weight is 374 g/mol. The van der Waals surface area contributed by atoms with E-state index < -0.39 is 11.4 Å². The van der Waals surface area contributed by atoms with Gasteiger partial charge in [0, 0.05) is 16.2 Å².